The second kappa shape index (κ2) is 8.08. The average molecular weight is 344 g/mol. The monoisotopic (exact) mass is 344 g/mol. The highest BCUT2D eigenvalue weighted by Gasteiger charge is 2.23. The van der Waals surface area contributed by atoms with E-state index in [0.29, 0.717) is 18.7 Å². The summed E-state index contributed by atoms with van der Waals surface area (Å²) in [6.45, 7) is 0.647. The van der Waals surface area contributed by atoms with Gasteiger partial charge in [0.2, 0.25) is 5.91 Å². The van der Waals surface area contributed by atoms with Gasteiger partial charge >= 0.3 is 0 Å². The fourth-order valence-electron chi connectivity index (χ4n) is 2.56. The Kier molecular flexibility index (Phi) is 5.61. The van der Waals surface area contributed by atoms with E-state index >= 15 is 0 Å². The third-order valence-electron chi connectivity index (χ3n) is 3.88. The van der Waals surface area contributed by atoms with Crippen molar-refractivity contribution in [2.75, 3.05) is 17.2 Å². The number of anilines is 2. The molecule has 0 bridgehead atoms. The van der Waals surface area contributed by atoms with Gasteiger partial charge in [0.25, 0.3) is 5.91 Å². The molecule has 1 aromatic heterocycles. The molecule has 2 amide bonds. The molecule has 1 unspecified atom stereocenters. The molecule has 1 saturated heterocycles. The number of amides is 2. The lowest BCUT2D eigenvalue weighted by Crippen LogP contribution is -2.26. The minimum Gasteiger partial charge on any atom is -0.368 e. The van der Waals surface area contributed by atoms with E-state index in [1.165, 1.54) is 5.56 Å². The summed E-state index contributed by atoms with van der Waals surface area (Å²) in [4.78, 5) is 23.9. The quantitative estimate of drug-likeness (QED) is 0.843. The first kappa shape index (κ1) is 16.7. The second-order valence-corrected chi connectivity index (χ2v) is 6.53. The summed E-state index contributed by atoms with van der Waals surface area (Å²) < 4.78 is 5.35. The topological polar surface area (TPSA) is 67.4 Å². The molecule has 126 valence electrons. The zero-order valence-electron chi connectivity index (χ0n) is 13.3. The van der Waals surface area contributed by atoms with Crippen LogP contribution in [0.25, 0.3) is 0 Å². The van der Waals surface area contributed by atoms with E-state index in [1.807, 2.05) is 11.4 Å². The summed E-state index contributed by atoms with van der Waals surface area (Å²) in [6, 6.07) is 9.16. The number of aryl methyl sites for hydroxylation is 1. The van der Waals surface area contributed by atoms with E-state index in [0.717, 1.165) is 24.9 Å². The number of hydrogen-bond acceptors (Lipinski definition) is 4. The number of rotatable bonds is 6. The van der Waals surface area contributed by atoms with Crippen molar-refractivity contribution in [1.29, 1.82) is 0 Å². The molecular formula is C18H20N2O3S. The summed E-state index contributed by atoms with van der Waals surface area (Å²) in [5.41, 5.74) is 2.61. The molecule has 0 aliphatic carbocycles. The Hall–Kier alpha value is -2.18. The number of thiophene rings is 1. The first-order valence-corrected chi connectivity index (χ1v) is 8.98. The normalized spacial score (nSPS) is 16.8. The second-order valence-electron chi connectivity index (χ2n) is 5.75. The first-order chi connectivity index (χ1) is 11.7. The zero-order chi connectivity index (χ0) is 16.8. The van der Waals surface area contributed by atoms with Crippen molar-refractivity contribution in [1.82, 2.24) is 0 Å². The van der Waals surface area contributed by atoms with Crippen LogP contribution in [0.2, 0.25) is 0 Å². The molecule has 1 atom stereocenters. The Balaban J connectivity index is 1.46. The molecule has 3 rings (SSSR count). The van der Waals surface area contributed by atoms with Gasteiger partial charge in [-0.3, -0.25) is 9.59 Å². The first-order valence-electron chi connectivity index (χ1n) is 8.04. The maximum Gasteiger partial charge on any atom is 0.253 e. The van der Waals surface area contributed by atoms with Crippen LogP contribution >= 0.6 is 11.3 Å². The zero-order valence-corrected chi connectivity index (χ0v) is 14.1. The van der Waals surface area contributed by atoms with Gasteiger partial charge in [-0.05, 0) is 65.9 Å². The van der Waals surface area contributed by atoms with Crippen molar-refractivity contribution in [3.05, 3.63) is 46.7 Å². The maximum atomic E-state index is 12.0. The van der Waals surface area contributed by atoms with E-state index in [1.54, 1.807) is 35.6 Å². The van der Waals surface area contributed by atoms with Crippen molar-refractivity contribution in [2.45, 2.75) is 31.8 Å². The van der Waals surface area contributed by atoms with Gasteiger partial charge in [-0.1, -0.05) is 0 Å². The Morgan fingerprint density at radius 1 is 1.12 bits per heavy atom. The Labute approximate surface area is 145 Å². The third kappa shape index (κ3) is 4.66. The van der Waals surface area contributed by atoms with Crippen LogP contribution in [-0.2, 0) is 20.7 Å². The standard InChI is InChI=1S/C18H20N2O3S/c21-17(8-3-13-9-11-24-12-13)19-14-4-6-15(7-5-14)20-18(22)16-2-1-10-23-16/h4-7,9,11-12,16H,1-3,8,10H2,(H,19,21)(H,20,22). The van der Waals surface area contributed by atoms with Crippen LogP contribution in [0.15, 0.2) is 41.1 Å². The third-order valence-corrected chi connectivity index (χ3v) is 4.61. The van der Waals surface area contributed by atoms with Gasteiger partial charge in [0.05, 0.1) is 0 Å². The molecule has 2 N–H and O–H groups in total. The van der Waals surface area contributed by atoms with E-state index in [4.69, 9.17) is 4.74 Å². The van der Waals surface area contributed by atoms with Crippen molar-refractivity contribution >= 4 is 34.5 Å². The van der Waals surface area contributed by atoms with Crippen LogP contribution in [0.4, 0.5) is 11.4 Å². The SMILES string of the molecule is O=C(CCc1ccsc1)Nc1ccc(NC(=O)C2CCCO2)cc1. The predicted molar refractivity (Wildman–Crippen MR) is 95.3 cm³/mol. The molecule has 0 saturated carbocycles. The highest BCUT2D eigenvalue weighted by Crippen LogP contribution is 2.17. The van der Waals surface area contributed by atoms with Crippen molar-refractivity contribution in [2.24, 2.45) is 0 Å². The Morgan fingerprint density at radius 3 is 2.50 bits per heavy atom. The molecule has 1 fully saturated rings. The minimum absolute atomic E-state index is 0.0164. The molecule has 1 aliphatic heterocycles. The number of nitrogens with one attached hydrogen (secondary N) is 2. The van der Waals surface area contributed by atoms with Crippen LogP contribution in [-0.4, -0.2) is 24.5 Å². The summed E-state index contributed by atoms with van der Waals surface area (Å²) in [7, 11) is 0. The number of benzene rings is 1. The summed E-state index contributed by atoms with van der Waals surface area (Å²) >= 11 is 1.64. The molecule has 1 aromatic carbocycles. The lowest BCUT2D eigenvalue weighted by Gasteiger charge is -2.11. The number of carbonyl (C=O) groups is 2. The van der Waals surface area contributed by atoms with E-state index in [-0.39, 0.29) is 17.9 Å². The maximum absolute atomic E-state index is 12.0. The van der Waals surface area contributed by atoms with Crippen LogP contribution < -0.4 is 10.6 Å². The highest BCUT2D eigenvalue weighted by atomic mass is 32.1. The number of carbonyl (C=O) groups excluding carboxylic acids is 2. The van der Waals surface area contributed by atoms with Gasteiger partial charge in [0, 0.05) is 24.4 Å². The number of ether oxygens (including phenoxy) is 1. The number of hydrogen-bond donors (Lipinski definition) is 2. The minimum atomic E-state index is -0.346. The predicted octanol–water partition coefficient (Wildman–Crippen LogP) is 3.44. The molecule has 1 aliphatic rings. The van der Waals surface area contributed by atoms with E-state index in [2.05, 4.69) is 16.0 Å². The largest absolute Gasteiger partial charge is 0.368 e. The molecular weight excluding hydrogens is 324 g/mol. The summed E-state index contributed by atoms with van der Waals surface area (Å²) in [5.74, 6) is -0.127. The van der Waals surface area contributed by atoms with Gasteiger partial charge in [0.15, 0.2) is 0 Å². The molecule has 0 radical (unpaired) electrons. The van der Waals surface area contributed by atoms with Gasteiger partial charge in [-0.2, -0.15) is 11.3 Å². The summed E-state index contributed by atoms with van der Waals surface area (Å²) in [6.07, 6.45) is 2.54. The lowest BCUT2D eigenvalue weighted by molar-refractivity contribution is -0.124. The van der Waals surface area contributed by atoms with Gasteiger partial charge in [-0.15, -0.1) is 0 Å². The van der Waals surface area contributed by atoms with Gasteiger partial charge < -0.3 is 15.4 Å². The molecule has 5 nitrogen and oxygen atoms in total. The van der Waals surface area contributed by atoms with Crippen LogP contribution in [0.5, 0.6) is 0 Å². The Morgan fingerprint density at radius 2 is 1.88 bits per heavy atom. The lowest BCUT2D eigenvalue weighted by atomic mass is 10.2. The molecule has 0 spiro atoms. The van der Waals surface area contributed by atoms with Crippen molar-refractivity contribution < 1.29 is 14.3 Å². The highest BCUT2D eigenvalue weighted by molar-refractivity contribution is 7.07. The van der Waals surface area contributed by atoms with Gasteiger partial charge in [-0.25, -0.2) is 0 Å². The van der Waals surface area contributed by atoms with E-state index < -0.39 is 0 Å². The summed E-state index contributed by atoms with van der Waals surface area (Å²) in [5, 5.41) is 9.76. The average Bonchev–Trinajstić information content (AvgIpc) is 3.28. The molecule has 6 heteroatoms. The van der Waals surface area contributed by atoms with Crippen molar-refractivity contribution in [3.63, 3.8) is 0 Å². The van der Waals surface area contributed by atoms with Crippen LogP contribution in [0.3, 0.4) is 0 Å². The molecule has 24 heavy (non-hydrogen) atoms. The van der Waals surface area contributed by atoms with Crippen LogP contribution in [0, 0.1) is 0 Å². The fourth-order valence-corrected chi connectivity index (χ4v) is 3.26. The van der Waals surface area contributed by atoms with Crippen molar-refractivity contribution in [3.8, 4) is 0 Å². The smallest absolute Gasteiger partial charge is 0.253 e. The molecule has 2 heterocycles. The fraction of sp³-hybridized carbons (Fsp3) is 0.333. The van der Waals surface area contributed by atoms with Gasteiger partial charge in [0.1, 0.15) is 6.10 Å². The van der Waals surface area contributed by atoms with Crippen LogP contribution in [0.1, 0.15) is 24.8 Å². The Bertz CT molecular complexity index is 677. The molecule has 2 aromatic rings. The van der Waals surface area contributed by atoms with E-state index in [9.17, 15) is 9.59 Å².